The lowest BCUT2D eigenvalue weighted by molar-refractivity contribution is -0.134. The minimum atomic E-state index is -3.60. The van der Waals surface area contributed by atoms with Crippen molar-refractivity contribution in [1.82, 2.24) is 24.4 Å². The van der Waals surface area contributed by atoms with Crippen LogP contribution in [0.25, 0.3) is 5.52 Å². The third-order valence-electron chi connectivity index (χ3n) is 9.20. The number of carbonyl (C=O) groups is 1. The van der Waals surface area contributed by atoms with Crippen molar-refractivity contribution in [2.24, 2.45) is 0 Å². The van der Waals surface area contributed by atoms with Crippen molar-refractivity contribution in [1.29, 1.82) is 0 Å². The summed E-state index contributed by atoms with van der Waals surface area (Å²) >= 11 is 0. The Morgan fingerprint density at radius 2 is 1.80 bits per heavy atom. The number of fused-ring (bicyclic) bond motifs is 1. The number of sulfone groups is 1. The first kappa shape index (κ1) is 29.5. The van der Waals surface area contributed by atoms with Crippen LogP contribution in [0.3, 0.4) is 0 Å². The van der Waals surface area contributed by atoms with E-state index in [1.165, 1.54) is 6.33 Å². The number of benzene rings is 1. The number of nitrogens with zero attached hydrogens (tertiary/aromatic N) is 5. The van der Waals surface area contributed by atoms with Crippen molar-refractivity contribution in [3.8, 4) is 0 Å². The van der Waals surface area contributed by atoms with Gasteiger partial charge in [-0.1, -0.05) is 39.0 Å². The van der Waals surface area contributed by atoms with E-state index in [2.05, 4.69) is 68.0 Å². The Morgan fingerprint density at radius 1 is 1.12 bits per heavy atom. The molecule has 1 saturated heterocycles. The van der Waals surface area contributed by atoms with E-state index < -0.39 is 21.4 Å². The van der Waals surface area contributed by atoms with Gasteiger partial charge < -0.3 is 15.1 Å². The minimum absolute atomic E-state index is 0.0515. The number of nitrogens with one attached hydrogen (secondary N) is 1. The highest BCUT2D eigenvalue weighted by molar-refractivity contribution is 7.91. The molecule has 1 N–H and O–H groups in total. The van der Waals surface area contributed by atoms with E-state index in [0.717, 1.165) is 23.9 Å². The first-order valence-corrected chi connectivity index (χ1v) is 16.4. The lowest BCUT2D eigenvalue weighted by Crippen LogP contribution is -2.58. The lowest BCUT2D eigenvalue weighted by Gasteiger charge is -2.48. The topological polar surface area (TPSA) is 99.9 Å². The summed E-state index contributed by atoms with van der Waals surface area (Å²) in [4.78, 5) is 23.1. The molecule has 1 atom stereocenters. The molecule has 222 valence electrons. The molecule has 0 spiro atoms. The summed E-state index contributed by atoms with van der Waals surface area (Å²) < 4.78 is 29.2. The number of rotatable bonds is 8. The van der Waals surface area contributed by atoms with Crippen LogP contribution in [0.2, 0.25) is 0 Å². The summed E-state index contributed by atoms with van der Waals surface area (Å²) in [6.45, 7) is 11.3. The highest BCUT2D eigenvalue weighted by Gasteiger charge is 2.50. The Kier molecular flexibility index (Phi) is 7.93. The fraction of sp³-hybridized carbons (Fsp3) is 0.581. The molecule has 1 saturated carbocycles. The number of aromatic nitrogens is 3. The van der Waals surface area contributed by atoms with Crippen LogP contribution in [0.1, 0.15) is 72.3 Å². The fourth-order valence-electron chi connectivity index (χ4n) is 6.43. The molecule has 1 aliphatic heterocycles. The van der Waals surface area contributed by atoms with Crippen molar-refractivity contribution in [2.45, 2.75) is 101 Å². The molecule has 0 bridgehead atoms. The van der Waals surface area contributed by atoms with Crippen molar-refractivity contribution in [3.05, 3.63) is 54.5 Å². The lowest BCUT2D eigenvalue weighted by atomic mass is 9.78. The molecule has 5 rings (SSSR count). The SMILES string of the molecule is CC(C)N(C)C1CCC(CS(=O)(=O)c2ccccc2)(N2CC[C@H](Nc3ncnn4cc(C(C)(C)C)cc34)C2=O)CC1. The molecule has 2 aromatic heterocycles. The van der Waals surface area contributed by atoms with Crippen LogP contribution >= 0.6 is 0 Å². The molecule has 9 nitrogen and oxygen atoms in total. The maximum absolute atomic E-state index is 14.1. The van der Waals surface area contributed by atoms with Gasteiger partial charge in [-0.15, -0.1) is 0 Å². The highest BCUT2D eigenvalue weighted by Crippen LogP contribution is 2.41. The second kappa shape index (κ2) is 11.0. The Labute approximate surface area is 244 Å². The van der Waals surface area contributed by atoms with Gasteiger partial charge in [-0.3, -0.25) is 4.79 Å². The maximum Gasteiger partial charge on any atom is 0.245 e. The van der Waals surface area contributed by atoms with E-state index in [1.807, 2.05) is 17.2 Å². The number of carbonyl (C=O) groups excluding carboxylic acids is 1. The Morgan fingerprint density at radius 3 is 2.44 bits per heavy atom. The van der Waals surface area contributed by atoms with Crippen LogP contribution in [-0.4, -0.2) is 81.7 Å². The number of likely N-dealkylation sites (tertiary alicyclic amines) is 1. The van der Waals surface area contributed by atoms with Crippen molar-refractivity contribution in [3.63, 3.8) is 0 Å². The molecule has 3 heterocycles. The molecule has 2 fully saturated rings. The van der Waals surface area contributed by atoms with Gasteiger partial charge in [0.15, 0.2) is 15.7 Å². The quantitative estimate of drug-likeness (QED) is 0.418. The first-order chi connectivity index (χ1) is 19.3. The van der Waals surface area contributed by atoms with Gasteiger partial charge in [-0.2, -0.15) is 5.10 Å². The molecule has 0 radical (unpaired) electrons. The number of hydrogen-bond acceptors (Lipinski definition) is 7. The third kappa shape index (κ3) is 5.86. The van der Waals surface area contributed by atoms with Crippen LogP contribution in [0.15, 0.2) is 53.8 Å². The van der Waals surface area contributed by atoms with E-state index >= 15 is 0 Å². The minimum Gasteiger partial charge on any atom is -0.356 e. The monoisotopic (exact) mass is 580 g/mol. The first-order valence-electron chi connectivity index (χ1n) is 14.7. The zero-order chi connectivity index (χ0) is 29.6. The predicted molar refractivity (Wildman–Crippen MR) is 162 cm³/mol. The molecule has 1 aromatic carbocycles. The molecule has 0 unspecified atom stereocenters. The molecular formula is C31H44N6O3S. The Balaban J connectivity index is 1.42. The third-order valence-corrected chi connectivity index (χ3v) is 11.1. The Bertz CT molecular complexity index is 1490. The van der Waals surface area contributed by atoms with Crippen LogP contribution in [0.5, 0.6) is 0 Å². The van der Waals surface area contributed by atoms with Crippen molar-refractivity contribution >= 4 is 27.1 Å². The average Bonchev–Trinajstić information content (AvgIpc) is 3.54. The smallest absolute Gasteiger partial charge is 0.245 e. The molecule has 3 aromatic rings. The molecule has 1 amide bonds. The van der Waals surface area contributed by atoms with E-state index in [0.29, 0.717) is 48.6 Å². The molecule has 2 aliphatic rings. The van der Waals surface area contributed by atoms with Crippen molar-refractivity contribution < 1.29 is 13.2 Å². The van der Waals surface area contributed by atoms with Gasteiger partial charge in [0.2, 0.25) is 5.91 Å². The van der Waals surface area contributed by atoms with Crippen LogP contribution in [-0.2, 0) is 20.0 Å². The van der Waals surface area contributed by atoms with E-state index in [-0.39, 0.29) is 17.1 Å². The fourth-order valence-corrected chi connectivity index (χ4v) is 8.32. The second-order valence-corrected chi connectivity index (χ2v) is 15.2. The van der Waals surface area contributed by atoms with E-state index in [9.17, 15) is 13.2 Å². The molecule has 1 aliphatic carbocycles. The predicted octanol–water partition coefficient (Wildman–Crippen LogP) is 4.54. The standard InChI is InChI=1S/C31H44N6O3S/c1-22(2)35(6)24-12-15-31(16-13-24,20-41(39,40)25-10-8-7-9-11-25)36-17-14-26(29(36)38)34-28-27-18-23(30(3,4)5)19-37(27)33-21-32-28/h7-11,18-19,21-22,24,26H,12-17,20H2,1-6H3,(H,32,33,34)/t24?,26-,31?/m0/s1. The van der Waals surface area contributed by atoms with E-state index in [4.69, 9.17) is 0 Å². The van der Waals surface area contributed by atoms with Crippen LogP contribution < -0.4 is 5.32 Å². The second-order valence-electron chi connectivity index (χ2n) is 13.2. The summed E-state index contributed by atoms with van der Waals surface area (Å²) in [6, 6.07) is 11.0. The number of amides is 1. The Hall–Kier alpha value is -2.98. The van der Waals surface area contributed by atoms with Crippen molar-refractivity contribution in [2.75, 3.05) is 24.7 Å². The summed E-state index contributed by atoms with van der Waals surface area (Å²) in [6.07, 6.45) is 7.11. The number of anilines is 1. The zero-order valence-corrected chi connectivity index (χ0v) is 26.0. The molecular weight excluding hydrogens is 536 g/mol. The largest absolute Gasteiger partial charge is 0.356 e. The maximum atomic E-state index is 14.1. The molecule has 41 heavy (non-hydrogen) atoms. The van der Waals surface area contributed by atoms with Gasteiger partial charge in [0.25, 0.3) is 0 Å². The van der Waals surface area contributed by atoms with Gasteiger partial charge >= 0.3 is 0 Å². The summed E-state index contributed by atoms with van der Waals surface area (Å²) in [5.74, 6) is 0.499. The van der Waals surface area contributed by atoms with Crippen LogP contribution in [0.4, 0.5) is 5.82 Å². The summed E-state index contributed by atoms with van der Waals surface area (Å²) in [5.41, 5.74) is 1.16. The summed E-state index contributed by atoms with van der Waals surface area (Å²) in [7, 11) is -1.46. The van der Waals surface area contributed by atoms with Crippen LogP contribution in [0, 0.1) is 0 Å². The highest BCUT2D eigenvalue weighted by atomic mass is 32.2. The van der Waals surface area contributed by atoms with E-state index in [1.54, 1.807) is 28.8 Å². The number of hydrogen-bond donors (Lipinski definition) is 1. The summed E-state index contributed by atoms with van der Waals surface area (Å²) in [5, 5.41) is 7.77. The van der Waals surface area contributed by atoms with Gasteiger partial charge in [0.05, 0.1) is 16.2 Å². The van der Waals surface area contributed by atoms with Gasteiger partial charge in [-0.05, 0) is 82.2 Å². The normalized spacial score (nSPS) is 24.1. The molecule has 10 heteroatoms. The zero-order valence-electron chi connectivity index (χ0n) is 25.2. The average molecular weight is 581 g/mol. The van der Waals surface area contributed by atoms with Gasteiger partial charge in [0.1, 0.15) is 17.9 Å². The van der Waals surface area contributed by atoms with Gasteiger partial charge in [-0.25, -0.2) is 17.9 Å². The van der Waals surface area contributed by atoms with Gasteiger partial charge in [0, 0.05) is 24.8 Å².